The van der Waals surface area contributed by atoms with Crippen LogP contribution in [0.15, 0.2) is 42.5 Å². The van der Waals surface area contributed by atoms with Crippen molar-refractivity contribution in [2.24, 2.45) is 0 Å². The van der Waals surface area contributed by atoms with Gasteiger partial charge >= 0.3 is 0 Å². The number of halogens is 2. The Labute approximate surface area is 111 Å². The first kappa shape index (κ1) is 13.5. The summed E-state index contributed by atoms with van der Waals surface area (Å²) in [6.45, 7) is 0. The van der Waals surface area contributed by atoms with E-state index in [0.717, 1.165) is 23.4 Å². The largest absolute Gasteiger partial charge is 0.388 e. The van der Waals surface area contributed by atoms with Crippen LogP contribution in [0.1, 0.15) is 17.2 Å². The first-order valence-electron chi connectivity index (χ1n) is 6.05. The zero-order chi connectivity index (χ0) is 13.8. The van der Waals surface area contributed by atoms with Crippen LogP contribution in [0.4, 0.5) is 14.5 Å². The van der Waals surface area contributed by atoms with Gasteiger partial charge in [-0.1, -0.05) is 12.1 Å². The molecule has 2 rings (SSSR count). The van der Waals surface area contributed by atoms with E-state index in [9.17, 15) is 8.78 Å². The van der Waals surface area contributed by atoms with E-state index in [4.69, 9.17) is 0 Å². The molecule has 0 saturated carbocycles. The minimum Gasteiger partial charge on any atom is -0.388 e. The summed E-state index contributed by atoms with van der Waals surface area (Å²) in [7, 11) is 3.55. The Hall–Kier alpha value is -1.94. The molecule has 100 valence electrons. The van der Waals surface area contributed by atoms with E-state index in [2.05, 4.69) is 10.6 Å². The summed E-state index contributed by atoms with van der Waals surface area (Å²) < 4.78 is 27.1. The second-order valence-electron chi connectivity index (χ2n) is 4.26. The van der Waals surface area contributed by atoms with Gasteiger partial charge in [0, 0.05) is 18.3 Å². The second-order valence-corrected chi connectivity index (χ2v) is 4.26. The van der Waals surface area contributed by atoms with E-state index in [1.807, 2.05) is 31.3 Å². The van der Waals surface area contributed by atoms with Gasteiger partial charge in [-0.05, 0) is 42.9 Å². The lowest BCUT2D eigenvalue weighted by Gasteiger charge is -2.18. The number of hydrogen-bond acceptors (Lipinski definition) is 2. The number of hydrogen-bond donors (Lipinski definition) is 2. The maximum Gasteiger partial charge on any atom is 0.128 e. The van der Waals surface area contributed by atoms with Crippen LogP contribution >= 0.6 is 0 Å². The van der Waals surface area contributed by atoms with Crippen molar-refractivity contribution in [3.8, 4) is 0 Å². The summed E-state index contributed by atoms with van der Waals surface area (Å²) in [6, 6.07) is 10.7. The Morgan fingerprint density at radius 3 is 2.21 bits per heavy atom. The molecule has 0 heterocycles. The van der Waals surface area contributed by atoms with Gasteiger partial charge in [-0.2, -0.15) is 0 Å². The zero-order valence-electron chi connectivity index (χ0n) is 10.9. The predicted molar refractivity (Wildman–Crippen MR) is 73.2 cm³/mol. The molecule has 0 saturated heterocycles. The van der Waals surface area contributed by atoms with Crippen LogP contribution in [0.2, 0.25) is 0 Å². The lowest BCUT2D eigenvalue weighted by Crippen LogP contribution is -2.19. The van der Waals surface area contributed by atoms with E-state index in [1.165, 1.54) is 6.07 Å². The normalized spacial score (nSPS) is 12.2. The Kier molecular flexibility index (Phi) is 4.12. The van der Waals surface area contributed by atoms with Crippen molar-refractivity contribution in [3.63, 3.8) is 0 Å². The highest BCUT2D eigenvalue weighted by atomic mass is 19.1. The maximum absolute atomic E-state index is 13.8. The van der Waals surface area contributed by atoms with Gasteiger partial charge < -0.3 is 10.6 Å². The van der Waals surface area contributed by atoms with Gasteiger partial charge in [0.2, 0.25) is 0 Å². The van der Waals surface area contributed by atoms with Gasteiger partial charge in [0.1, 0.15) is 11.6 Å². The van der Waals surface area contributed by atoms with Gasteiger partial charge in [0.15, 0.2) is 0 Å². The van der Waals surface area contributed by atoms with E-state index in [1.54, 1.807) is 7.05 Å². The Bertz CT molecular complexity index is 553. The van der Waals surface area contributed by atoms with Crippen molar-refractivity contribution < 1.29 is 8.78 Å². The molecule has 0 bridgehead atoms. The standard InChI is InChI=1S/C15H16F2N2/c1-18-12-6-3-10(4-7-12)15(19-2)13-9-11(16)5-8-14(13)17/h3-9,15,18-19H,1-2H3. The van der Waals surface area contributed by atoms with Crippen molar-refractivity contribution in [2.45, 2.75) is 6.04 Å². The summed E-state index contributed by atoms with van der Waals surface area (Å²) in [5, 5.41) is 6.03. The van der Waals surface area contributed by atoms with Crippen molar-refractivity contribution >= 4 is 5.69 Å². The molecule has 0 aromatic heterocycles. The molecule has 2 N–H and O–H groups in total. The topological polar surface area (TPSA) is 24.1 Å². The number of anilines is 1. The molecule has 2 aromatic carbocycles. The van der Waals surface area contributed by atoms with Crippen LogP contribution in [0, 0.1) is 11.6 Å². The first-order chi connectivity index (χ1) is 9.15. The lowest BCUT2D eigenvalue weighted by atomic mass is 9.98. The number of benzene rings is 2. The van der Waals surface area contributed by atoms with E-state index >= 15 is 0 Å². The van der Waals surface area contributed by atoms with Crippen LogP contribution in [-0.2, 0) is 0 Å². The molecule has 0 amide bonds. The van der Waals surface area contributed by atoms with Crippen LogP contribution in [-0.4, -0.2) is 14.1 Å². The lowest BCUT2D eigenvalue weighted by molar-refractivity contribution is 0.558. The molecule has 0 aliphatic rings. The van der Waals surface area contributed by atoms with Gasteiger partial charge in [-0.15, -0.1) is 0 Å². The molecule has 2 nitrogen and oxygen atoms in total. The average Bonchev–Trinajstić information content (AvgIpc) is 2.44. The Balaban J connectivity index is 2.40. The SMILES string of the molecule is CNc1ccc(C(NC)c2cc(F)ccc2F)cc1. The first-order valence-corrected chi connectivity index (χ1v) is 6.05. The summed E-state index contributed by atoms with van der Waals surface area (Å²) >= 11 is 0. The van der Waals surface area contributed by atoms with Crippen LogP contribution in [0.25, 0.3) is 0 Å². The highest BCUT2D eigenvalue weighted by molar-refractivity contribution is 5.46. The van der Waals surface area contributed by atoms with Gasteiger partial charge in [-0.25, -0.2) is 8.78 Å². The van der Waals surface area contributed by atoms with Crippen LogP contribution in [0.5, 0.6) is 0 Å². The highest BCUT2D eigenvalue weighted by Gasteiger charge is 2.16. The molecule has 0 aliphatic heterocycles. The van der Waals surface area contributed by atoms with Gasteiger partial charge in [0.05, 0.1) is 6.04 Å². The summed E-state index contributed by atoms with van der Waals surface area (Å²) in [5.41, 5.74) is 2.16. The summed E-state index contributed by atoms with van der Waals surface area (Å²) in [6.07, 6.45) is 0. The minimum atomic E-state index is -0.441. The second kappa shape index (κ2) is 5.80. The fourth-order valence-corrected chi connectivity index (χ4v) is 2.08. The van der Waals surface area contributed by atoms with E-state index in [-0.39, 0.29) is 6.04 Å². The molecule has 4 heteroatoms. The van der Waals surface area contributed by atoms with E-state index < -0.39 is 11.6 Å². The summed E-state index contributed by atoms with van der Waals surface area (Å²) in [5.74, 6) is -0.859. The zero-order valence-corrected chi connectivity index (χ0v) is 10.9. The molecule has 0 radical (unpaired) electrons. The van der Waals surface area contributed by atoms with Crippen molar-refractivity contribution in [2.75, 3.05) is 19.4 Å². The molecule has 2 aromatic rings. The van der Waals surface area contributed by atoms with Gasteiger partial charge in [-0.3, -0.25) is 0 Å². The monoisotopic (exact) mass is 262 g/mol. The highest BCUT2D eigenvalue weighted by Crippen LogP contribution is 2.25. The maximum atomic E-state index is 13.8. The fraction of sp³-hybridized carbons (Fsp3) is 0.200. The third-order valence-corrected chi connectivity index (χ3v) is 3.09. The van der Waals surface area contributed by atoms with Gasteiger partial charge in [0.25, 0.3) is 0 Å². The van der Waals surface area contributed by atoms with E-state index in [0.29, 0.717) is 5.56 Å². The third-order valence-electron chi connectivity index (χ3n) is 3.09. The smallest absolute Gasteiger partial charge is 0.128 e. The molecular formula is C15H16F2N2. The Morgan fingerprint density at radius 1 is 0.947 bits per heavy atom. The van der Waals surface area contributed by atoms with Crippen molar-refractivity contribution in [1.29, 1.82) is 0 Å². The molecule has 1 atom stereocenters. The molecule has 0 fully saturated rings. The fourth-order valence-electron chi connectivity index (χ4n) is 2.08. The minimum absolute atomic E-state index is 0.305. The Morgan fingerprint density at radius 2 is 1.63 bits per heavy atom. The van der Waals surface area contributed by atoms with Crippen LogP contribution < -0.4 is 10.6 Å². The quantitative estimate of drug-likeness (QED) is 0.883. The van der Waals surface area contributed by atoms with Crippen molar-refractivity contribution in [3.05, 3.63) is 65.2 Å². The molecular weight excluding hydrogens is 246 g/mol. The molecule has 1 unspecified atom stereocenters. The number of rotatable bonds is 4. The average molecular weight is 262 g/mol. The molecule has 0 aliphatic carbocycles. The summed E-state index contributed by atoms with van der Waals surface area (Å²) in [4.78, 5) is 0. The molecule has 19 heavy (non-hydrogen) atoms. The molecule has 0 spiro atoms. The van der Waals surface area contributed by atoms with Crippen molar-refractivity contribution in [1.82, 2.24) is 5.32 Å². The number of nitrogens with one attached hydrogen (secondary N) is 2. The third kappa shape index (κ3) is 2.90. The van der Waals surface area contributed by atoms with Crippen LogP contribution in [0.3, 0.4) is 0 Å². The predicted octanol–water partition coefficient (Wildman–Crippen LogP) is 3.32.